The predicted octanol–water partition coefficient (Wildman–Crippen LogP) is 4.18. The minimum absolute atomic E-state index is 0.149. The van der Waals surface area contributed by atoms with Gasteiger partial charge >= 0.3 is 5.97 Å². The van der Waals surface area contributed by atoms with Gasteiger partial charge in [-0.05, 0) is 31.3 Å². The molecular weight excluding hydrogens is 298 g/mol. The summed E-state index contributed by atoms with van der Waals surface area (Å²) in [7, 11) is 0. The van der Waals surface area contributed by atoms with E-state index in [1.807, 2.05) is 11.5 Å². The Morgan fingerprint density at radius 1 is 1.36 bits per heavy atom. The molecule has 1 aliphatic rings. The third kappa shape index (κ3) is 5.37. The van der Waals surface area contributed by atoms with Gasteiger partial charge < -0.3 is 5.11 Å². The molecular formula is C17H23NO3S. The first-order chi connectivity index (χ1) is 10.7. The Bertz CT molecular complexity index is 510. The summed E-state index contributed by atoms with van der Waals surface area (Å²) in [6.07, 6.45) is 12.5. The number of carbonyl (C=O) groups is 2. The largest absolute Gasteiger partial charge is 0.481 e. The molecule has 0 aromatic carbocycles. The van der Waals surface area contributed by atoms with Crippen LogP contribution in [0.5, 0.6) is 0 Å². The summed E-state index contributed by atoms with van der Waals surface area (Å²) in [6.45, 7) is 0. The van der Waals surface area contributed by atoms with Gasteiger partial charge in [0, 0.05) is 30.3 Å². The van der Waals surface area contributed by atoms with Gasteiger partial charge in [-0.25, -0.2) is 4.98 Å². The monoisotopic (exact) mass is 321 g/mol. The summed E-state index contributed by atoms with van der Waals surface area (Å²) in [5.74, 6) is 0.156. The summed E-state index contributed by atoms with van der Waals surface area (Å²) >= 11 is 1.61. The Labute approximate surface area is 135 Å². The second-order valence-corrected chi connectivity index (χ2v) is 6.78. The van der Waals surface area contributed by atoms with Gasteiger partial charge in [0.2, 0.25) is 0 Å². The fraction of sp³-hybridized carbons (Fsp3) is 0.588. The molecule has 4 nitrogen and oxygen atoms in total. The Kier molecular flexibility index (Phi) is 6.77. The number of unbranched alkanes of at least 4 members (excludes halogenated alkanes) is 3. The number of thiazole rings is 1. The van der Waals surface area contributed by atoms with E-state index < -0.39 is 5.97 Å². The lowest BCUT2D eigenvalue weighted by Crippen LogP contribution is -2.13. The summed E-state index contributed by atoms with van der Waals surface area (Å²) in [5, 5.41) is 11.5. The minimum atomic E-state index is -0.724. The van der Waals surface area contributed by atoms with E-state index in [2.05, 4.69) is 11.1 Å². The number of allylic oxidation sites excluding steroid dienone is 1. The average Bonchev–Trinajstić information content (AvgIpc) is 3.11. The molecule has 2 atom stereocenters. The van der Waals surface area contributed by atoms with E-state index in [0.717, 1.165) is 43.5 Å². The highest BCUT2D eigenvalue weighted by Gasteiger charge is 2.32. The highest BCUT2D eigenvalue weighted by Crippen LogP contribution is 2.34. The maximum absolute atomic E-state index is 12.0. The smallest absolute Gasteiger partial charge is 0.303 e. The van der Waals surface area contributed by atoms with Crippen molar-refractivity contribution < 1.29 is 14.7 Å². The molecule has 2 unspecified atom stereocenters. The highest BCUT2D eigenvalue weighted by molar-refractivity contribution is 7.10. The molecule has 2 rings (SSSR count). The topological polar surface area (TPSA) is 67.3 Å². The molecule has 1 N–H and O–H groups in total. The zero-order valence-electron chi connectivity index (χ0n) is 12.7. The maximum Gasteiger partial charge on any atom is 0.303 e. The second kappa shape index (κ2) is 8.83. The number of hydrogen-bond donors (Lipinski definition) is 1. The fourth-order valence-corrected chi connectivity index (χ4v) is 3.60. The predicted molar refractivity (Wildman–Crippen MR) is 87.7 cm³/mol. The van der Waals surface area contributed by atoms with Crippen LogP contribution in [0.2, 0.25) is 0 Å². The van der Waals surface area contributed by atoms with Crippen molar-refractivity contribution in [1.82, 2.24) is 4.98 Å². The molecule has 0 radical (unpaired) electrons. The van der Waals surface area contributed by atoms with E-state index in [1.165, 1.54) is 0 Å². The fourth-order valence-electron chi connectivity index (χ4n) is 3.06. The van der Waals surface area contributed by atoms with Crippen molar-refractivity contribution in [2.24, 2.45) is 11.8 Å². The lowest BCUT2D eigenvalue weighted by Gasteiger charge is -2.14. The number of rotatable bonds is 9. The molecule has 120 valence electrons. The molecule has 0 bridgehead atoms. The van der Waals surface area contributed by atoms with Crippen molar-refractivity contribution in [2.75, 3.05) is 0 Å². The molecule has 1 aromatic rings. The number of carboxylic acid groups (broad SMARTS) is 1. The van der Waals surface area contributed by atoms with Gasteiger partial charge in [0.05, 0.1) is 0 Å². The van der Waals surface area contributed by atoms with E-state index in [4.69, 9.17) is 5.11 Å². The quantitative estimate of drug-likeness (QED) is 0.693. The Morgan fingerprint density at radius 3 is 2.91 bits per heavy atom. The first-order valence-corrected chi connectivity index (χ1v) is 8.87. The molecule has 1 saturated carbocycles. The third-order valence-corrected chi connectivity index (χ3v) is 4.99. The number of Topliss-reactive ketones (excluding diaryl/α,β-unsaturated/α-hetero) is 1. The Morgan fingerprint density at radius 2 is 2.18 bits per heavy atom. The standard InChI is InChI=1S/C17H23NO3S/c19-15-9-7-13(8-10-16-18-11-12-22-16)14(15)5-3-1-2-4-6-17(20)21/h8,10-14H,1-7,9H2,(H,20,21)/b10-8+. The molecule has 1 heterocycles. The van der Waals surface area contributed by atoms with E-state index in [-0.39, 0.29) is 12.3 Å². The van der Waals surface area contributed by atoms with Crippen molar-refractivity contribution >= 4 is 29.2 Å². The third-order valence-electron chi connectivity index (χ3n) is 4.25. The van der Waals surface area contributed by atoms with Crippen molar-refractivity contribution in [3.8, 4) is 0 Å². The second-order valence-electron chi connectivity index (χ2n) is 5.85. The maximum atomic E-state index is 12.0. The molecule has 0 aliphatic heterocycles. The number of ketones is 1. The molecule has 1 aliphatic carbocycles. The Balaban J connectivity index is 1.73. The molecule has 0 amide bonds. The Hall–Kier alpha value is -1.49. The number of carbonyl (C=O) groups excluding carboxylic acids is 1. The van der Waals surface area contributed by atoms with Crippen LogP contribution < -0.4 is 0 Å². The van der Waals surface area contributed by atoms with Crippen LogP contribution in [0.15, 0.2) is 17.7 Å². The lowest BCUT2D eigenvalue weighted by molar-refractivity contribution is -0.137. The average molecular weight is 321 g/mol. The SMILES string of the molecule is O=C(O)CCCCCCC1C(=O)CCC1/C=C/c1nccs1. The molecule has 5 heteroatoms. The summed E-state index contributed by atoms with van der Waals surface area (Å²) < 4.78 is 0. The van der Waals surface area contributed by atoms with Gasteiger partial charge in [-0.3, -0.25) is 9.59 Å². The van der Waals surface area contributed by atoms with Crippen LogP contribution in [-0.4, -0.2) is 21.8 Å². The number of aromatic nitrogens is 1. The van der Waals surface area contributed by atoms with Crippen LogP contribution in [-0.2, 0) is 9.59 Å². The number of nitrogens with zero attached hydrogens (tertiary/aromatic N) is 1. The number of hydrogen-bond acceptors (Lipinski definition) is 4. The van der Waals surface area contributed by atoms with Gasteiger partial charge in [0.1, 0.15) is 10.8 Å². The van der Waals surface area contributed by atoms with E-state index in [1.54, 1.807) is 17.5 Å². The number of aliphatic carboxylic acids is 1. The summed E-state index contributed by atoms with van der Waals surface area (Å²) in [5.41, 5.74) is 0. The van der Waals surface area contributed by atoms with Gasteiger partial charge in [0.15, 0.2) is 0 Å². The normalized spacial score (nSPS) is 21.7. The van der Waals surface area contributed by atoms with Crippen LogP contribution in [0.3, 0.4) is 0 Å². The van der Waals surface area contributed by atoms with Gasteiger partial charge in [-0.1, -0.05) is 25.3 Å². The van der Waals surface area contributed by atoms with Crippen LogP contribution in [0.4, 0.5) is 0 Å². The first kappa shape index (κ1) is 16.9. The van der Waals surface area contributed by atoms with Crippen molar-refractivity contribution in [3.63, 3.8) is 0 Å². The van der Waals surface area contributed by atoms with Crippen LogP contribution in [0.1, 0.15) is 56.4 Å². The first-order valence-electron chi connectivity index (χ1n) is 7.99. The molecule has 0 spiro atoms. The van der Waals surface area contributed by atoms with Crippen LogP contribution >= 0.6 is 11.3 Å². The van der Waals surface area contributed by atoms with Crippen molar-refractivity contribution in [1.29, 1.82) is 0 Å². The van der Waals surface area contributed by atoms with Crippen molar-refractivity contribution in [3.05, 3.63) is 22.7 Å². The van der Waals surface area contributed by atoms with Gasteiger partial charge in [-0.2, -0.15) is 0 Å². The molecule has 1 aromatic heterocycles. The minimum Gasteiger partial charge on any atom is -0.481 e. The molecule has 1 fully saturated rings. The van der Waals surface area contributed by atoms with E-state index in [9.17, 15) is 9.59 Å². The lowest BCUT2D eigenvalue weighted by atomic mass is 9.89. The van der Waals surface area contributed by atoms with Crippen LogP contribution in [0.25, 0.3) is 6.08 Å². The van der Waals surface area contributed by atoms with Crippen LogP contribution in [0, 0.1) is 11.8 Å². The van der Waals surface area contributed by atoms with Gasteiger partial charge in [-0.15, -0.1) is 11.3 Å². The molecule has 0 saturated heterocycles. The van der Waals surface area contributed by atoms with E-state index >= 15 is 0 Å². The van der Waals surface area contributed by atoms with E-state index in [0.29, 0.717) is 18.1 Å². The molecule has 22 heavy (non-hydrogen) atoms. The summed E-state index contributed by atoms with van der Waals surface area (Å²) in [4.78, 5) is 26.7. The zero-order valence-corrected chi connectivity index (χ0v) is 13.6. The van der Waals surface area contributed by atoms with Crippen molar-refractivity contribution in [2.45, 2.75) is 51.4 Å². The summed E-state index contributed by atoms with van der Waals surface area (Å²) in [6, 6.07) is 0. The zero-order chi connectivity index (χ0) is 15.8. The highest BCUT2D eigenvalue weighted by atomic mass is 32.1. The van der Waals surface area contributed by atoms with Gasteiger partial charge in [0.25, 0.3) is 0 Å². The number of carboxylic acids is 1.